The monoisotopic (exact) mass is 645 g/mol. The lowest BCUT2D eigenvalue weighted by Crippen LogP contribution is -2.31. The van der Waals surface area contributed by atoms with Gasteiger partial charge in [-0.1, -0.05) is 12.8 Å². The molecule has 0 aliphatic heterocycles. The Morgan fingerprint density at radius 2 is 1.51 bits per heavy atom. The van der Waals surface area contributed by atoms with Crippen LogP contribution in [0.15, 0.2) is 47.2 Å². The summed E-state index contributed by atoms with van der Waals surface area (Å²) in [4.78, 5) is 16.9. The molecule has 1 aromatic carbocycles. The van der Waals surface area contributed by atoms with E-state index in [0.717, 1.165) is 37.2 Å². The molecule has 1 aliphatic rings. The summed E-state index contributed by atoms with van der Waals surface area (Å²) in [5, 5.41) is 0. The third-order valence-electron chi connectivity index (χ3n) is 7.06. The number of methoxy groups -OCH3 is 1. The Kier molecular flexibility index (Phi) is 9.66. The number of ether oxygens (including phenoxy) is 1. The van der Waals surface area contributed by atoms with E-state index in [1.54, 1.807) is 6.07 Å². The van der Waals surface area contributed by atoms with E-state index in [9.17, 15) is 26.3 Å². The number of benzene rings is 1. The predicted molar refractivity (Wildman–Crippen MR) is 147 cm³/mol. The van der Waals surface area contributed by atoms with Crippen molar-refractivity contribution in [2.24, 2.45) is 5.92 Å². The Bertz CT molecular complexity index is 1280. The van der Waals surface area contributed by atoms with Gasteiger partial charge in [0, 0.05) is 38.1 Å². The predicted octanol–water partition coefficient (Wildman–Crippen LogP) is 7.90. The first kappa shape index (κ1) is 30.9. The van der Waals surface area contributed by atoms with Crippen molar-refractivity contribution in [2.75, 3.05) is 30.0 Å². The summed E-state index contributed by atoms with van der Waals surface area (Å²) < 4.78 is 87.4. The molecule has 1 saturated carbocycles. The van der Waals surface area contributed by atoms with Crippen LogP contribution in [-0.2, 0) is 25.4 Å². The van der Waals surface area contributed by atoms with Crippen molar-refractivity contribution in [3.63, 3.8) is 0 Å². The minimum Gasteiger partial charge on any atom is -0.481 e. The lowest BCUT2D eigenvalue weighted by molar-refractivity contribution is -0.143. The minimum absolute atomic E-state index is 0.00687. The Morgan fingerprint density at radius 1 is 0.902 bits per heavy atom. The minimum atomic E-state index is -4.96. The highest BCUT2D eigenvalue weighted by atomic mass is 79.9. The van der Waals surface area contributed by atoms with Gasteiger partial charge in [-0.2, -0.15) is 26.3 Å². The summed E-state index contributed by atoms with van der Waals surface area (Å²) in [6.07, 6.45) is -2.38. The van der Waals surface area contributed by atoms with Crippen LogP contribution in [0.25, 0.3) is 0 Å². The lowest BCUT2D eigenvalue weighted by atomic mass is 10.0. The molecule has 0 spiro atoms. The van der Waals surface area contributed by atoms with E-state index in [4.69, 9.17) is 4.74 Å². The number of alkyl halides is 6. The number of nitrogens with zero attached hydrogens (tertiary/aromatic N) is 5. The van der Waals surface area contributed by atoms with Gasteiger partial charge in [-0.15, -0.1) is 0 Å². The van der Waals surface area contributed by atoms with Crippen LogP contribution in [0.2, 0.25) is 0 Å². The van der Waals surface area contributed by atoms with Gasteiger partial charge in [0.05, 0.1) is 40.6 Å². The molecule has 13 heteroatoms. The topological polar surface area (TPSA) is 54.4 Å². The molecular formula is C28H30BrF6N5O. The first-order chi connectivity index (χ1) is 19.4. The normalized spacial score (nSPS) is 14.4. The maximum atomic E-state index is 13.6. The van der Waals surface area contributed by atoms with Crippen molar-refractivity contribution in [1.82, 2.24) is 15.0 Å². The number of hydrogen-bond acceptors (Lipinski definition) is 6. The maximum absolute atomic E-state index is 13.6. The van der Waals surface area contributed by atoms with Crippen LogP contribution >= 0.6 is 15.9 Å². The zero-order chi connectivity index (χ0) is 29.8. The summed E-state index contributed by atoms with van der Waals surface area (Å²) in [5.41, 5.74) is -1.61. The molecule has 1 fully saturated rings. The average Bonchev–Trinajstić information content (AvgIpc) is 3.44. The van der Waals surface area contributed by atoms with Crippen LogP contribution in [0.5, 0.6) is 5.88 Å². The van der Waals surface area contributed by atoms with Crippen molar-refractivity contribution in [1.29, 1.82) is 0 Å². The molecule has 222 valence electrons. The van der Waals surface area contributed by atoms with E-state index in [0.29, 0.717) is 28.5 Å². The molecule has 0 bridgehead atoms. The lowest BCUT2D eigenvalue weighted by Gasteiger charge is -2.30. The number of pyridine rings is 1. The number of halogens is 7. The fourth-order valence-corrected chi connectivity index (χ4v) is 5.28. The second-order valence-corrected chi connectivity index (χ2v) is 10.9. The van der Waals surface area contributed by atoms with Crippen molar-refractivity contribution in [3.05, 3.63) is 69.6 Å². The number of hydrogen-bond donors (Lipinski definition) is 0. The van der Waals surface area contributed by atoms with Gasteiger partial charge in [-0.25, -0.2) is 15.0 Å². The van der Waals surface area contributed by atoms with Gasteiger partial charge in [0.15, 0.2) is 0 Å². The zero-order valence-electron chi connectivity index (χ0n) is 22.6. The molecule has 0 saturated heterocycles. The van der Waals surface area contributed by atoms with E-state index in [2.05, 4.69) is 35.8 Å². The first-order valence-electron chi connectivity index (χ1n) is 13.2. The maximum Gasteiger partial charge on any atom is 0.416 e. The fraction of sp³-hybridized carbons (Fsp3) is 0.464. The third kappa shape index (κ3) is 8.02. The van der Waals surface area contributed by atoms with Gasteiger partial charge in [0.25, 0.3) is 0 Å². The Morgan fingerprint density at radius 3 is 2.05 bits per heavy atom. The molecular weight excluding hydrogens is 616 g/mol. The Balaban J connectivity index is 1.76. The Labute approximate surface area is 242 Å². The number of anilines is 2. The van der Waals surface area contributed by atoms with Gasteiger partial charge in [0.1, 0.15) is 0 Å². The van der Waals surface area contributed by atoms with Crippen LogP contribution < -0.4 is 14.5 Å². The van der Waals surface area contributed by atoms with E-state index < -0.39 is 23.5 Å². The SMILES string of the molecule is CCN(CC1CCCC1)c1ccc(OC)nc1CN(Cc1cc(C(F)(F)F)cc(C(F)(F)F)c1)c1ncc(Br)cn1. The van der Waals surface area contributed by atoms with E-state index >= 15 is 0 Å². The molecule has 0 amide bonds. The van der Waals surface area contributed by atoms with E-state index in [1.807, 2.05) is 13.0 Å². The summed E-state index contributed by atoms with van der Waals surface area (Å²) in [6.45, 7) is 3.21. The van der Waals surface area contributed by atoms with Crippen LogP contribution in [0.1, 0.15) is 55.0 Å². The second kappa shape index (κ2) is 12.8. The van der Waals surface area contributed by atoms with Gasteiger partial charge in [-0.05, 0) is 71.4 Å². The average molecular weight is 646 g/mol. The summed E-state index contributed by atoms with van der Waals surface area (Å²) in [5.74, 6) is 0.978. The quantitative estimate of drug-likeness (QED) is 0.209. The summed E-state index contributed by atoms with van der Waals surface area (Å²) >= 11 is 3.26. The van der Waals surface area contributed by atoms with Gasteiger partial charge < -0.3 is 14.5 Å². The molecule has 41 heavy (non-hydrogen) atoms. The molecule has 2 aromatic heterocycles. The number of rotatable bonds is 10. The molecule has 1 aliphatic carbocycles. The highest BCUT2D eigenvalue weighted by Crippen LogP contribution is 2.37. The fourth-order valence-electron chi connectivity index (χ4n) is 5.07. The molecule has 0 N–H and O–H groups in total. The third-order valence-corrected chi connectivity index (χ3v) is 7.47. The molecule has 0 radical (unpaired) electrons. The first-order valence-corrected chi connectivity index (χ1v) is 14.0. The molecule has 6 nitrogen and oxygen atoms in total. The van der Waals surface area contributed by atoms with Crippen molar-refractivity contribution < 1.29 is 31.1 Å². The van der Waals surface area contributed by atoms with Crippen molar-refractivity contribution >= 4 is 27.6 Å². The Hall–Kier alpha value is -3.09. The van der Waals surface area contributed by atoms with E-state index in [1.165, 1.54) is 37.2 Å². The summed E-state index contributed by atoms with van der Waals surface area (Å²) in [7, 11) is 1.47. The highest BCUT2D eigenvalue weighted by molar-refractivity contribution is 9.10. The van der Waals surface area contributed by atoms with Crippen molar-refractivity contribution in [2.45, 2.75) is 58.0 Å². The summed E-state index contributed by atoms with van der Waals surface area (Å²) in [6, 6.07) is 5.18. The van der Waals surface area contributed by atoms with Gasteiger partial charge in [0.2, 0.25) is 11.8 Å². The van der Waals surface area contributed by atoms with E-state index in [-0.39, 0.29) is 30.7 Å². The number of aromatic nitrogens is 3. The molecule has 4 rings (SSSR count). The molecule has 2 heterocycles. The van der Waals surface area contributed by atoms with Crippen LogP contribution in [-0.4, -0.2) is 35.2 Å². The molecule has 0 atom stereocenters. The largest absolute Gasteiger partial charge is 0.481 e. The van der Waals surface area contributed by atoms with Crippen molar-refractivity contribution in [3.8, 4) is 5.88 Å². The second-order valence-electron chi connectivity index (χ2n) is 9.98. The van der Waals surface area contributed by atoms with Crippen LogP contribution in [0.3, 0.4) is 0 Å². The molecule has 3 aromatic rings. The smallest absolute Gasteiger partial charge is 0.416 e. The van der Waals surface area contributed by atoms with Gasteiger partial charge >= 0.3 is 12.4 Å². The highest BCUT2D eigenvalue weighted by Gasteiger charge is 2.37. The molecule has 0 unspecified atom stereocenters. The standard InChI is InChI=1S/C28H30BrF6N5O/c1-3-39(15-18-6-4-5-7-18)24-8-9-25(41-2)38-23(24)17-40(26-36-13-22(29)14-37-26)16-19-10-20(27(30,31)32)12-21(11-19)28(33,34)35/h8-14,18H,3-7,15-17H2,1-2H3. The van der Waals surface area contributed by atoms with Crippen LogP contribution in [0, 0.1) is 5.92 Å². The van der Waals surface area contributed by atoms with Crippen LogP contribution in [0.4, 0.5) is 38.0 Å². The van der Waals surface area contributed by atoms with Gasteiger partial charge in [-0.3, -0.25) is 0 Å². The zero-order valence-corrected chi connectivity index (χ0v) is 24.2.